The van der Waals surface area contributed by atoms with E-state index >= 15 is 0 Å². The van der Waals surface area contributed by atoms with E-state index in [0.717, 1.165) is 30.6 Å². The smallest absolute Gasteiger partial charge is 0.409 e. The molecule has 0 saturated carbocycles. The molecule has 0 N–H and O–H groups in total. The van der Waals surface area contributed by atoms with Gasteiger partial charge in [-0.3, -0.25) is 14.5 Å². The zero-order valence-electron chi connectivity index (χ0n) is 19.7. The fraction of sp³-hybridized carbons (Fsp3) is 0.500. The molecule has 1 aromatic rings. The predicted octanol–water partition coefficient (Wildman–Crippen LogP) is 3.76. The summed E-state index contributed by atoms with van der Waals surface area (Å²) in [7, 11) is 1.62. The molecule has 2 saturated heterocycles. The quantitative estimate of drug-likeness (QED) is 0.287. The highest BCUT2D eigenvalue weighted by molar-refractivity contribution is 8.26. The molecule has 34 heavy (non-hydrogen) atoms. The van der Waals surface area contributed by atoms with Crippen molar-refractivity contribution in [3.05, 3.63) is 34.7 Å². The highest BCUT2D eigenvalue weighted by Gasteiger charge is 2.31. The molecule has 10 heteroatoms. The Morgan fingerprint density at radius 1 is 1.06 bits per heavy atom. The lowest BCUT2D eigenvalue weighted by Gasteiger charge is -2.34. The molecule has 0 radical (unpaired) electrons. The van der Waals surface area contributed by atoms with Crippen LogP contribution in [0.1, 0.15) is 38.2 Å². The summed E-state index contributed by atoms with van der Waals surface area (Å²) < 4.78 is 10.7. The molecule has 3 amide bonds. The molecular weight excluding hydrogens is 474 g/mol. The minimum atomic E-state index is -0.316. The number of methoxy groups -OCH3 is 1. The van der Waals surface area contributed by atoms with Gasteiger partial charge in [0.1, 0.15) is 10.1 Å². The first-order chi connectivity index (χ1) is 16.4. The van der Waals surface area contributed by atoms with Gasteiger partial charge in [0.05, 0.1) is 18.6 Å². The van der Waals surface area contributed by atoms with Gasteiger partial charge in [-0.15, -0.1) is 0 Å². The zero-order valence-corrected chi connectivity index (χ0v) is 21.3. The second-order valence-electron chi connectivity index (χ2n) is 7.98. The number of amides is 3. The highest BCUT2D eigenvalue weighted by atomic mass is 32.2. The molecule has 0 aromatic heterocycles. The Bertz CT molecular complexity index is 927. The van der Waals surface area contributed by atoms with Crippen LogP contribution in [0.4, 0.5) is 4.79 Å². The number of thioether (sulfide) groups is 1. The van der Waals surface area contributed by atoms with Gasteiger partial charge in [-0.25, -0.2) is 4.79 Å². The van der Waals surface area contributed by atoms with Crippen LogP contribution in [0.2, 0.25) is 0 Å². The number of ether oxygens (including phenoxy) is 2. The van der Waals surface area contributed by atoms with Crippen molar-refractivity contribution in [1.29, 1.82) is 0 Å². The van der Waals surface area contributed by atoms with Crippen LogP contribution in [-0.4, -0.2) is 83.4 Å². The third-order valence-corrected chi connectivity index (χ3v) is 7.10. The lowest BCUT2D eigenvalue weighted by Crippen LogP contribution is -2.50. The van der Waals surface area contributed by atoms with Gasteiger partial charge in [0, 0.05) is 39.1 Å². The van der Waals surface area contributed by atoms with Crippen molar-refractivity contribution in [1.82, 2.24) is 14.7 Å². The largest absolute Gasteiger partial charge is 0.497 e. The Balaban J connectivity index is 1.36. The molecule has 2 aliphatic rings. The molecule has 0 unspecified atom stereocenters. The van der Waals surface area contributed by atoms with Crippen LogP contribution in [-0.2, 0) is 14.3 Å². The van der Waals surface area contributed by atoms with Crippen LogP contribution < -0.4 is 4.74 Å². The standard InChI is InChI=1S/C24H31N3O5S2/c1-3-32-23(30)26-15-13-25(14-16-26)21(28)7-5-4-6-12-27-22(29)20(34-24(27)33)17-18-8-10-19(31-2)11-9-18/h8-11,17H,3-7,12-16H2,1-2H3/b20-17-. The van der Waals surface area contributed by atoms with E-state index in [1.807, 2.05) is 35.2 Å². The van der Waals surface area contributed by atoms with Crippen molar-refractivity contribution in [2.45, 2.75) is 32.6 Å². The topological polar surface area (TPSA) is 79.4 Å². The molecule has 0 atom stereocenters. The first kappa shape index (κ1) is 26.0. The van der Waals surface area contributed by atoms with E-state index in [1.54, 1.807) is 23.8 Å². The average Bonchev–Trinajstić information content (AvgIpc) is 3.11. The Morgan fingerprint density at radius 2 is 1.74 bits per heavy atom. The van der Waals surface area contributed by atoms with E-state index in [4.69, 9.17) is 21.7 Å². The number of benzene rings is 1. The number of rotatable bonds is 9. The normalized spacial score (nSPS) is 17.5. The summed E-state index contributed by atoms with van der Waals surface area (Å²) in [6.07, 6.45) is 4.38. The van der Waals surface area contributed by atoms with E-state index in [9.17, 15) is 14.4 Å². The Morgan fingerprint density at radius 3 is 2.38 bits per heavy atom. The molecule has 1 aromatic carbocycles. The van der Waals surface area contributed by atoms with Crippen LogP contribution in [0.5, 0.6) is 5.75 Å². The molecule has 0 spiro atoms. The second kappa shape index (κ2) is 12.8. The average molecular weight is 506 g/mol. The van der Waals surface area contributed by atoms with Crippen molar-refractivity contribution in [2.24, 2.45) is 0 Å². The van der Waals surface area contributed by atoms with E-state index in [0.29, 0.717) is 55.0 Å². The molecule has 2 aliphatic heterocycles. The molecule has 2 heterocycles. The lowest BCUT2D eigenvalue weighted by molar-refractivity contribution is -0.133. The summed E-state index contributed by atoms with van der Waals surface area (Å²) in [6.45, 7) is 4.76. The minimum absolute atomic E-state index is 0.0682. The highest BCUT2D eigenvalue weighted by Crippen LogP contribution is 2.33. The Hall–Kier alpha value is -2.59. The predicted molar refractivity (Wildman–Crippen MR) is 137 cm³/mol. The van der Waals surface area contributed by atoms with Gasteiger partial charge in [0.25, 0.3) is 5.91 Å². The molecular formula is C24H31N3O5S2. The SMILES string of the molecule is CCOC(=O)N1CCN(C(=O)CCCCCN2C(=O)/C(=C/c3ccc(OC)cc3)SC2=S)CC1. The van der Waals surface area contributed by atoms with Crippen molar-refractivity contribution in [3.8, 4) is 5.75 Å². The minimum Gasteiger partial charge on any atom is -0.497 e. The number of carbonyl (C=O) groups is 3. The van der Waals surface area contributed by atoms with Crippen LogP contribution in [0, 0.1) is 0 Å². The molecule has 8 nitrogen and oxygen atoms in total. The third kappa shape index (κ3) is 6.96. The van der Waals surface area contributed by atoms with Gasteiger partial charge in [-0.05, 0) is 43.5 Å². The van der Waals surface area contributed by atoms with Crippen LogP contribution in [0.25, 0.3) is 6.08 Å². The van der Waals surface area contributed by atoms with Gasteiger partial charge in [0.15, 0.2) is 0 Å². The summed E-state index contributed by atoms with van der Waals surface area (Å²) in [4.78, 5) is 42.7. The lowest BCUT2D eigenvalue weighted by atomic mass is 10.1. The summed E-state index contributed by atoms with van der Waals surface area (Å²) in [6, 6.07) is 7.51. The van der Waals surface area contributed by atoms with Crippen molar-refractivity contribution in [3.63, 3.8) is 0 Å². The first-order valence-corrected chi connectivity index (χ1v) is 12.7. The van der Waals surface area contributed by atoms with Gasteiger partial charge >= 0.3 is 6.09 Å². The van der Waals surface area contributed by atoms with Gasteiger partial charge < -0.3 is 19.3 Å². The third-order valence-electron chi connectivity index (χ3n) is 5.72. The summed E-state index contributed by atoms with van der Waals surface area (Å²) >= 11 is 6.73. The number of hydrogen-bond donors (Lipinski definition) is 0. The number of carbonyl (C=O) groups excluding carboxylic acids is 3. The van der Waals surface area contributed by atoms with Crippen molar-refractivity contribution < 1.29 is 23.9 Å². The van der Waals surface area contributed by atoms with Crippen LogP contribution in [0.3, 0.4) is 0 Å². The van der Waals surface area contributed by atoms with Gasteiger partial charge in [-0.1, -0.05) is 42.5 Å². The molecule has 0 bridgehead atoms. The second-order valence-corrected chi connectivity index (χ2v) is 9.66. The fourth-order valence-electron chi connectivity index (χ4n) is 3.78. The summed E-state index contributed by atoms with van der Waals surface area (Å²) in [5.41, 5.74) is 0.919. The van der Waals surface area contributed by atoms with E-state index in [1.165, 1.54) is 11.8 Å². The van der Waals surface area contributed by atoms with E-state index in [-0.39, 0.29) is 17.9 Å². The van der Waals surface area contributed by atoms with E-state index < -0.39 is 0 Å². The monoisotopic (exact) mass is 505 g/mol. The van der Waals surface area contributed by atoms with Gasteiger partial charge in [-0.2, -0.15) is 0 Å². The van der Waals surface area contributed by atoms with Crippen LogP contribution in [0.15, 0.2) is 29.2 Å². The zero-order chi connectivity index (χ0) is 24.5. The Kier molecular flexibility index (Phi) is 9.76. The Labute approximate surface area is 210 Å². The number of thiocarbonyl (C=S) groups is 1. The molecule has 2 fully saturated rings. The summed E-state index contributed by atoms with van der Waals surface area (Å²) in [5.74, 6) is 0.806. The maximum absolute atomic E-state index is 12.8. The van der Waals surface area contributed by atoms with Crippen molar-refractivity contribution >= 4 is 52.3 Å². The molecule has 3 rings (SSSR count). The maximum Gasteiger partial charge on any atom is 0.409 e. The van der Waals surface area contributed by atoms with E-state index in [2.05, 4.69) is 0 Å². The fourth-order valence-corrected chi connectivity index (χ4v) is 5.09. The molecule has 0 aliphatic carbocycles. The van der Waals surface area contributed by atoms with Crippen LogP contribution >= 0.6 is 24.0 Å². The number of piperazine rings is 1. The number of nitrogens with zero attached hydrogens (tertiary/aromatic N) is 3. The first-order valence-electron chi connectivity index (χ1n) is 11.5. The maximum atomic E-state index is 12.8. The summed E-state index contributed by atoms with van der Waals surface area (Å²) in [5, 5.41) is 0. The molecule has 184 valence electrons. The number of hydrogen-bond acceptors (Lipinski definition) is 7. The van der Waals surface area contributed by atoms with Gasteiger partial charge in [0.2, 0.25) is 5.91 Å². The van der Waals surface area contributed by atoms with Crippen molar-refractivity contribution in [2.75, 3.05) is 46.4 Å². The number of unbranched alkanes of at least 4 members (excludes halogenated alkanes) is 2.